The summed E-state index contributed by atoms with van der Waals surface area (Å²) in [6.07, 6.45) is 2.42. The molecular weight excluding hydrogens is 251 g/mol. The zero-order valence-corrected chi connectivity index (χ0v) is 11.3. The summed E-state index contributed by atoms with van der Waals surface area (Å²) in [6, 6.07) is 4.64. The lowest BCUT2D eigenvalue weighted by molar-refractivity contribution is -0.131. The first-order chi connectivity index (χ1) is 8.47. The Kier molecular flexibility index (Phi) is 5.92. The van der Waals surface area contributed by atoms with Crippen molar-refractivity contribution in [2.24, 2.45) is 5.92 Å². The molecule has 4 heteroatoms. The van der Waals surface area contributed by atoms with Gasteiger partial charge in [-0.2, -0.15) is 11.8 Å². The van der Waals surface area contributed by atoms with E-state index in [-0.39, 0.29) is 5.82 Å². The van der Waals surface area contributed by atoms with E-state index in [1.165, 1.54) is 18.2 Å². The summed E-state index contributed by atoms with van der Waals surface area (Å²) < 4.78 is 13.3. The molecule has 1 rings (SSSR count). The summed E-state index contributed by atoms with van der Waals surface area (Å²) in [5, 5.41) is 8.53. The third-order valence-electron chi connectivity index (χ3n) is 2.12. The Morgan fingerprint density at radius 3 is 2.78 bits per heavy atom. The molecule has 1 aromatic carbocycles. The first kappa shape index (κ1) is 14.8. The van der Waals surface area contributed by atoms with Crippen molar-refractivity contribution in [2.45, 2.75) is 19.6 Å². The van der Waals surface area contributed by atoms with Crippen molar-refractivity contribution in [3.05, 3.63) is 41.2 Å². The molecule has 1 aromatic rings. The molecule has 1 N–H and O–H groups in total. The Balaban J connectivity index is 2.71. The van der Waals surface area contributed by atoms with E-state index in [1.807, 2.05) is 6.07 Å². The molecule has 0 aliphatic rings. The predicted octanol–water partition coefficient (Wildman–Crippen LogP) is 3.81. The van der Waals surface area contributed by atoms with E-state index in [1.54, 1.807) is 11.8 Å². The maximum absolute atomic E-state index is 13.3. The summed E-state index contributed by atoms with van der Waals surface area (Å²) in [5.74, 6) is 1.01. The van der Waals surface area contributed by atoms with Gasteiger partial charge < -0.3 is 5.11 Å². The predicted molar refractivity (Wildman–Crippen MR) is 74.1 cm³/mol. The molecule has 0 aromatic heterocycles. The second-order valence-corrected chi connectivity index (χ2v) is 5.50. The smallest absolute Gasteiger partial charge is 0.328 e. The molecule has 0 atom stereocenters. The van der Waals surface area contributed by atoms with Gasteiger partial charge in [-0.05, 0) is 41.0 Å². The number of hydrogen-bond acceptors (Lipinski definition) is 2. The van der Waals surface area contributed by atoms with Gasteiger partial charge in [0.15, 0.2) is 0 Å². The van der Waals surface area contributed by atoms with Crippen molar-refractivity contribution < 1.29 is 14.3 Å². The summed E-state index contributed by atoms with van der Waals surface area (Å²) in [4.78, 5) is 10.4. The molecule has 98 valence electrons. The highest BCUT2D eigenvalue weighted by molar-refractivity contribution is 7.98. The van der Waals surface area contributed by atoms with Crippen molar-refractivity contribution in [3.63, 3.8) is 0 Å². The lowest BCUT2D eigenvalue weighted by Gasteiger charge is -2.06. The van der Waals surface area contributed by atoms with Crippen LogP contribution in [-0.2, 0) is 10.5 Å². The minimum Gasteiger partial charge on any atom is -0.478 e. The zero-order valence-electron chi connectivity index (χ0n) is 10.5. The van der Waals surface area contributed by atoms with Crippen LogP contribution in [0, 0.1) is 11.7 Å². The normalized spacial score (nSPS) is 11.3. The van der Waals surface area contributed by atoms with E-state index in [0.717, 1.165) is 23.1 Å². The van der Waals surface area contributed by atoms with E-state index in [9.17, 15) is 9.18 Å². The maximum atomic E-state index is 13.3. The fourth-order valence-electron chi connectivity index (χ4n) is 1.43. The second-order valence-electron chi connectivity index (χ2n) is 4.47. The number of carboxylic acid groups (broad SMARTS) is 1. The Labute approximate surface area is 111 Å². The molecule has 0 bridgehead atoms. The van der Waals surface area contributed by atoms with Gasteiger partial charge in [0.05, 0.1) is 0 Å². The summed E-state index contributed by atoms with van der Waals surface area (Å²) in [5.41, 5.74) is 1.46. The summed E-state index contributed by atoms with van der Waals surface area (Å²) in [7, 11) is 0. The lowest BCUT2D eigenvalue weighted by Crippen LogP contribution is -1.93. The number of thioether (sulfide) groups is 1. The Hall–Kier alpha value is -1.29. The highest BCUT2D eigenvalue weighted by Gasteiger charge is 2.01. The van der Waals surface area contributed by atoms with Crippen molar-refractivity contribution in [1.82, 2.24) is 0 Å². The number of hydrogen-bond donors (Lipinski definition) is 1. The molecule has 0 heterocycles. The quantitative estimate of drug-likeness (QED) is 0.797. The van der Waals surface area contributed by atoms with Crippen LogP contribution in [0.5, 0.6) is 0 Å². The van der Waals surface area contributed by atoms with Crippen molar-refractivity contribution in [3.8, 4) is 0 Å². The molecule has 2 nitrogen and oxygen atoms in total. The average Bonchev–Trinajstić information content (AvgIpc) is 2.25. The van der Waals surface area contributed by atoms with Gasteiger partial charge in [0, 0.05) is 11.8 Å². The lowest BCUT2D eigenvalue weighted by atomic mass is 10.1. The maximum Gasteiger partial charge on any atom is 0.328 e. The Morgan fingerprint density at radius 1 is 1.44 bits per heavy atom. The monoisotopic (exact) mass is 268 g/mol. The minimum atomic E-state index is -1.03. The number of aliphatic carboxylic acids is 1. The van der Waals surface area contributed by atoms with Crippen LogP contribution in [0.25, 0.3) is 6.08 Å². The first-order valence-electron chi connectivity index (χ1n) is 5.75. The van der Waals surface area contributed by atoms with E-state index < -0.39 is 5.97 Å². The molecule has 0 aliphatic carbocycles. The molecule has 0 radical (unpaired) electrons. The van der Waals surface area contributed by atoms with Gasteiger partial charge >= 0.3 is 5.97 Å². The SMILES string of the molecule is CC(C)CSCc1cc(F)cc(C=CC(=O)O)c1. The molecule has 0 unspecified atom stereocenters. The van der Waals surface area contributed by atoms with Crippen LogP contribution >= 0.6 is 11.8 Å². The third-order valence-corrected chi connectivity index (χ3v) is 3.56. The van der Waals surface area contributed by atoms with Crippen LogP contribution in [0.2, 0.25) is 0 Å². The molecule has 0 spiro atoms. The number of halogens is 1. The van der Waals surface area contributed by atoms with E-state index in [2.05, 4.69) is 13.8 Å². The van der Waals surface area contributed by atoms with Gasteiger partial charge in [0.2, 0.25) is 0 Å². The van der Waals surface area contributed by atoms with Gasteiger partial charge in [-0.15, -0.1) is 0 Å². The molecule has 0 amide bonds. The standard InChI is InChI=1S/C14H17FO2S/c1-10(2)8-18-9-12-5-11(3-4-14(16)17)6-13(15)7-12/h3-7,10H,8-9H2,1-2H3,(H,16,17). The van der Waals surface area contributed by atoms with Crippen LogP contribution in [-0.4, -0.2) is 16.8 Å². The van der Waals surface area contributed by atoms with Gasteiger partial charge in [0.1, 0.15) is 5.82 Å². The fourth-order valence-corrected chi connectivity index (χ4v) is 2.43. The second kappa shape index (κ2) is 7.21. The topological polar surface area (TPSA) is 37.3 Å². The number of rotatable bonds is 6. The molecule has 0 fully saturated rings. The largest absolute Gasteiger partial charge is 0.478 e. The Bertz CT molecular complexity index is 441. The average molecular weight is 268 g/mol. The molecular formula is C14H17FO2S. The first-order valence-corrected chi connectivity index (χ1v) is 6.91. The minimum absolute atomic E-state index is 0.331. The molecule has 0 saturated carbocycles. The van der Waals surface area contributed by atoms with Crippen LogP contribution in [0.4, 0.5) is 4.39 Å². The van der Waals surface area contributed by atoms with Gasteiger partial charge in [-0.25, -0.2) is 9.18 Å². The van der Waals surface area contributed by atoms with Gasteiger partial charge in [-0.1, -0.05) is 19.9 Å². The van der Waals surface area contributed by atoms with Crippen LogP contribution in [0.15, 0.2) is 24.3 Å². The zero-order chi connectivity index (χ0) is 13.5. The highest BCUT2D eigenvalue weighted by Crippen LogP contribution is 2.18. The summed E-state index contributed by atoms with van der Waals surface area (Å²) >= 11 is 1.75. The third kappa shape index (κ3) is 5.87. The van der Waals surface area contributed by atoms with Crippen LogP contribution in [0.1, 0.15) is 25.0 Å². The number of carbonyl (C=O) groups is 1. The molecule has 0 aliphatic heterocycles. The van der Waals surface area contributed by atoms with Crippen molar-refractivity contribution >= 4 is 23.8 Å². The van der Waals surface area contributed by atoms with Gasteiger partial charge in [0.25, 0.3) is 0 Å². The highest BCUT2D eigenvalue weighted by atomic mass is 32.2. The molecule has 0 saturated heterocycles. The van der Waals surface area contributed by atoms with Crippen LogP contribution in [0.3, 0.4) is 0 Å². The van der Waals surface area contributed by atoms with E-state index in [4.69, 9.17) is 5.11 Å². The van der Waals surface area contributed by atoms with E-state index >= 15 is 0 Å². The summed E-state index contributed by atoms with van der Waals surface area (Å²) in [6.45, 7) is 4.28. The number of carboxylic acids is 1. The van der Waals surface area contributed by atoms with E-state index in [0.29, 0.717) is 11.5 Å². The van der Waals surface area contributed by atoms with Gasteiger partial charge in [-0.3, -0.25) is 0 Å². The molecule has 18 heavy (non-hydrogen) atoms. The Morgan fingerprint density at radius 2 is 2.17 bits per heavy atom. The van der Waals surface area contributed by atoms with Crippen LogP contribution < -0.4 is 0 Å². The fraction of sp³-hybridized carbons (Fsp3) is 0.357. The number of benzene rings is 1. The van der Waals surface area contributed by atoms with Crippen molar-refractivity contribution in [1.29, 1.82) is 0 Å². The van der Waals surface area contributed by atoms with Crippen molar-refractivity contribution in [2.75, 3.05) is 5.75 Å².